The van der Waals surface area contributed by atoms with Crippen LogP contribution >= 0.6 is 11.0 Å². The SMILES string of the molecule is O=C(O)NCCCCN1c2ccc(F)cc2NS1(O)O. The van der Waals surface area contributed by atoms with Crippen molar-refractivity contribution in [2.75, 3.05) is 22.1 Å². The fourth-order valence-corrected chi connectivity index (χ4v) is 3.36. The first kappa shape index (κ1) is 14.7. The molecule has 7 nitrogen and oxygen atoms in total. The van der Waals surface area contributed by atoms with Gasteiger partial charge in [0.25, 0.3) is 0 Å². The quantitative estimate of drug-likeness (QED) is 0.536. The molecule has 20 heavy (non-hydrogen) atoms. The smallest absolute Gasteiger partial charge is 0.404 e. The molecule has 112 valence electrons. The number of nitrogens with one attached hydrogen (secondary N) is 2. The first-order chi connectivity index (χ1) is 9.40. The van der Waals surface area contributed by atoms with Gasteiger partial charge in [-0.15, -0.1) is 0 Å². The van der Waals surface area contributed by atoms with Gasteiger partial charge in [-0.05, 0) is 35.9 Å². The standard InChI is InChI=1S/C11H16FN3O4S/c12-8-3-4-10-9(7-8)14-20(18,19)15(10)6-2-1-5-13-11(16)17/h3-4,7,13-14,18-19H,1-2,5-6H2,(H,16,17). The van der Waals surface area contributed by atoms with E-state index in [4.69, 9.17) is 5.11 Å². The molecule has 0 aliphatic carbocycles. The van der Waals surface area contributed by atoms with E-state index >= 15 is 0 Å². The molecule has 0 spiro atoms. The van der Waals surface area contributed by atoms with Crippen LogP contribution in [0.25, 0.3) is 0 Å². The summed E-state index contributed by atoms with van der Waals surface area (Å²) < 4.78 is 36.8. The second-order valence-corrected chi connectivity index (χ2v) is 6.01. The Morgan fingerprint density at radius 2 is 2.15 bits per heavy atom. The van der Waals surface area contributed by atoms with E-state index in [9.17, 15) is 18.3 Å². The van der Waals surface area contributed by atoms with Gasteiger partial charge in [-0.25, -0.2) is 9.18 Å². The molecular weight excluding hydrogens is 289 g/mol. The normalized spacial score (nSPS) is 17.2. The topological polar surface area (TPSA) is 105 Å². The number of hydrogen-bond donors (Lipinski definition) is 5. The molecule has 1 aromatic carbocycles. The van der Waals surface area contributed by atoms with E-state index in [0.29, 0.717) is 37.3 Å². The molecule has 1 heterocycles. The van der Waals surface area contributed by atoms with Crippen LogP contribution in [0.5, 0.6) is 0 Å². The molecule has 1 aliphatic heterocycles. The third kappa shape index (κ3) is 3.24. The number of fused-ring (bicyclic) bond motifs is 1. The van der Waals surface area contributed by atoms with Crippen molar-refractivity contribution in [1.82, 2.24) is 5.32 Å². The molecule has 0 saturated carbocycles. The van der Waals surface area contributed by atoms with Crippen molar-refractivity contribution >= 4 is 28.4 Å². The summed E-state index contributed by atoms with van der Waals surface area (Å²) in [6, 6.07) is 3.93. The molecule has 9 heteroatoms. The average molecular weight is 305 g/mol. The second kappa shape index (κ2) is 5.73. The van der Waals surface area contributed by atoms with Crippen LogP contribution in [-0.4, -0.2) is 33.4 Å². The Bertz CT molecular complexity index is 514. The highest BCUT2D eigenvalue weighted by atomic mass is 32.3. The van der Waals surface area contributed by atoms with Gasteiger partial charge < -0.3 is 10.4 Å². The predicted molar refractivity (Wildman–Crippen MR) is 75.5 cm³/mol. The first-order valence-corrected chi connectivity index (χ1v) is 7.50. The number of hydrogen-bond acceptors (Lipinski definition) is 5. The highest BCUT2D eigenvalue weighted by Crippen LogP contribution is 2.55. The molecule has 2 rings (SSSR count). The van der Waals surface area contributed by atoms with Crippen molar-refractivity contribution < 1.29 is 23.4 Å². The van der Waals surface area contributed by atoms with E-state index in [0.717, 1.165) is 0 Å². The average Bonchev–Trinajstić information content (AvgIpc) is 2.58. The third-order valence-corrected chi connectivity index (χ3v) is 4.33. The maximum Gasteiger partial charge on any atom is 0.404 e. The Hall–Kier alpha value is -1.71. The highest BCUT2D eigenvalue weighted by Gasteiger charge is 2.32. The third-order valence-electron chi connectivity index (χ3n) is 2.85. The lowest BCUT2D eigenvalue weighted by Crippen LogP contribution is -2.28. The van der Waals surface area contributed by atoms with Crippen molar-refractivity contribution in [3.05, 3.63) is 24.0 Å². The van der Waals surface area contributed by atoms with Gasteiger partial charge in [-0.3, -0.25) is 18.1 Å². The van der Waals surface area contributed by atoms with Gasteiger partial charge in [-0.2, -0.15) is 0 Å². The van der Waals surface area contributed by atoms with Gasteiger partial charge in [0.15, 0.2) is 0 Å². The Morgan fingerprint density at radius 3 is 2.85 bits per heavy atom. The fourth-order valence-electron chi connectivity index (χ4n) is 1.97. The van der Waals surface area contributed by atoms with E-state index in [1.54, 1.807) is 0 Å². The van der Waals surface area contributed by atoms with E-state index in [1.807, 2.05) is 0 Å². The molecule has 1 aliphatic rings. The summed E-state index contributed by atoms with van der Waals surface area (Å²) in [5.74, 6) is -0.459. The zero-order chi connectivity index (χ0) is 14.8. The fraction of sp³-hybridized carbons (Fsp3) is 0.364. The van der Waals surface area contributed by atoms with E-state index in [-0.39, 0.29) is 0 Å². The van der Waals surface area contributed by atoms with Gasteiger partial charge in [-0.1, -0.05) is 0 Å². The minimum absolute atomic E-state index is 0.298. The zero-order valence-electron chi connectivity index (χ0n) is 10.5. The van der Waals surface area contributed by atoms with Crippen LogP contribution in [0.4, 0.5) is 20.6 Å². The molecular formula is C11H16FN3O4S. The van der Waals surface area contributed by atoms with Gasteiger partial charge >= 0.3 is 6.09 Å². The van der Waals surface area contributed by atoms with Crippen LogP contribution in [0.3, 0.4) is 0 Å². The summed E-state index contributed by atoms with van der Waals surface area (Å²) in [4.78, 5) is 10.3. The number of halogens is 1. The molecule has 0 saturated heterocycles. The van der Waals surface area contributed by atoms with Crippen LogP contribution in [0.2, 0.25) is 0 Å². The Labute approximate surface area is 117 Å². The summed E-state index contributed by atoms with van der Waals surface area (Å²) in [5.41, 5.74) is 0.867. The molecule has 0 atom stereocenters. The van der Waals surface area contributed by atoms with Crippen molar-refractivity contribution in [3.63, 3.8) is 0 Å². The number of amides is 1. The summed E-state index contributed by atoms with van der Waals surface area (Å²) in [6.45, 7) is 0.626. The van der Waals surface area contributed by atoms with Crippen LogP contribution in [-0.2, 0) is 0 Å². The molecule has 1 amide bonds. The van der Waals surface area contributed by atoms with E-state index < -0.39 is 22.9 Å². The van der Waals surface area contributed by atoms with Crippen LogP contribution in [0, 0.1) is 5.82 Å². The molecule has 0 bridgehead atoms. The number of carboxylic acid groups (broad SMARTS) is 1. The number of benzene rings is 1. The number of rotatable bonds is 5. The number of unbranched alkanes of at least 4 members (excludes halogenated alkanes) is 1. The molecule has 5 N–H and O–H groups in total. The molecule has 0 unspecified atom stereocenters. The van der Waals surface area contributed by atoms with E-state index in [1.165, 1.54) is 22.5 Å². The van der Waals surface area contributed by atoms with Crippen molar-refractivity contribution in [2.24, 2.45) is 0 Å². The van der Waals surface area contributed by atoms with Crippen molar-refractivity contribution in [3.8, 4) is 0 Å². The minimum Gasteiger partial charge on any atom is -0.465 e. The molecule has 0 aromatic heterocycles. The largest absolute Gasteiger partial charge is 0.465 e. The molecule has 0 fully saturated rings. The lowest BCUT2D eigenvalue weighted by Gasteiger charge is -2.37. The monoisotopic (exact) mass is 305 g/mol. The maximum atomic E-state index is 13.1. The summed E-state index contributed by atoms with van der Waals surface area (Å²) in [5, 5.41) is 10.7. The van der Waals surface area contributed by atoms with Gasteiger partial charge in [0, 0.05) is 19.2 Å². The minimum atomic E-state index is -3.19. The summed E-state index contributed by atoms with van der Waals surface area (Å²) >= 11 is 0. The number of carbonyl (C=O) groups is 1. The molecule has 1 aromatic rings. The van der Waals surface area contributed by atoms with Crippen LogP contribution in [0.15, 0.2) is 18.2 Å². The predicted octanol–water partition coefficient (Wildman–Crippen LogP) is 2.69. The van der Waals surface area contributed by atoms with Crippen molar-refractivity contribution in [1.29, 1.82) is 0 Å². The lowest BCUT2D eigenvalue weighted by molar-refractivity contribution is 0.194. The van der Waals surface area contributed by atoms with Crippen molar-refractivity contribution in [2.45, 2.75) is 12.8 Å². The Kier molecular flexibility index (Phi) is 4.21. The highest BCUT2D eigenvalue weighted by molar-refractivity contribution is 8.26. The maximum absolute atomic E-state index is 13.1. The Morgan fingerprint density at radius 1 is 1.40 bits per heavy atom. The van der Waals surface area contributed by atoms with E-state index in [2.05, 4.69) is 10.0 Å². The van der Waals surface area contributed by atoms with Crippen LogP contribution < -0.4 is 14.3 Å². The summed E-state index contributed by atoms with van der Waals surface area (Å²) in [7, 11) is -3.19. The van der Waals surface area contributed by atoms with Gasteiger partial charge in [0.2, 0.25) is 0 Å². The summed E-state index contributed by atoms with van der Waals surface area (Å²) in [6.07, 6.45) is 0.0432. The number of nitrogens with zero attached hydrogens (tertiary/aromatic N) is 1. The van der Waals surface area contributed by atoms with Crippen LogP contribution in [0.1, 0.15) is 12.8 Å². The number of anilines is 2. The first-order valence-electron chi connectivity index (χ1n) is 6.00. The van der Waals surface area contributed by atoms with Gasteiger partial charge in [0.05, 0.1) is 11.4 Å². The molecule has 0 radical (unpaired) electrons. The second-order valence-electron chi connectivity index (χ2n) is 4.32. The lowest BCUT2D eigenvalue weighted by atomic mass is 10.2. The Balaban J connectivity index is 1.95. The zero-order valence-corrected chi connectivity index (χ0v) is 11.4. The van der Waals surface area contributed by atoms with Gasteiger partial charge in [0.1, 0.15) is 5.82 Å².